The van der Waals surface area contributed by atoms with Crippen molar-refractivity contribution in [3.8, 4) is 0 Å². The molecule has 4 rings (SSSR count). The Morgan fingerprint density at radius 2 is 2.15 bits per heavy atom. The Morgan fingerprint density at radius 3 is 2.96 bits per heavy atom. The van der Waals surface area contributed by atoms with E-state index in [2.05, 4.69) is 31.5 Å². The van der Waals surface area contributed by atoms with Crippen LogP contribution in [0.25, 0.3) is 0 Å². The number of hydrogen-bond donors (Lipinski definition) is 2. The van der Waals surface area contributed by atoms with Crippen molar-refractivity contribution in [1.29, 1.82) is 0 Å². The highest BCUT2D eigenvalue weighted by Crippen LogP contribution is 2.29. The number of aromatic nitrogens is 4. The van der Waals surface area contributed by atoms with E-state index in [-0.39, 0.29) is 5.91 Å². The number of pyridine rings is 2. The summed E-state index contributed by atoms with van der Waals surface area (Å²) in [5, 5.41) is 9.93. The maximum absolute atomic E-state index is 12.6. The molecule has 7 nitrogen and oxygen atoms in total. The molecule has 7 heteroatoms. The molecule has 3 aromatic rings. The second-order valence-corrected chi connectivity index (χ2v) is 6.83. The number of hydrogen-bond acceptors (Lipinski definition) is 5. The zero-order chi connectivity index (χ0) is 18.6. The standard InChI is InChI=1S/C20H22N6O/c1-14-4-2-8-22-19(14)24-18-12-15(6-9-21-18)16-5-3-11-26(13-16)20(27)17-7-10-23-25-17/h2,4,6-10,12,16H,3,5,11,13H2,1H3,(H,23,25)(H,21,22,24). The molecule has 1 atom stereocenters. The largest absolute Gasteiger partial charge is 0.337 e. The zero-order valence-electron chi connectivity index (χ0n) is 15.2. The Morgan fingerprint density at radius 1 is 1.22 bits per heavy atom. The van der Waals surface area contributed by atoms with Gasteiger partial charge in [0.25, 0.3) is 5.91 Å². The Balaban J connectivity index is 1.50. The molecular weight excluding hydrogens is 340 g/mol. The van der Waals surface area contributed by atoms with Gasteiger partial charge < -0.3 is 10.2 Å². The molecule has 1 aliphatic rings. The summed E-state index contributed by atoms with van der Waals surface area (Å²) < 4.78 is 0. The van der Waals surface area contributed by atoms with E-state index in [0.29, 0.717) is 18.2 Å². The van der Waals surface area contributed by atoms with E-state index in [1.807, 2.05) is 36.2 Å². The Bertz CT molecular complexity index is 924. The van der Waals surface area contributed by atoms with Crippen LogP contribution in [0.5, 0.6) is 0 Å². The fourth-order valence-electron chi connectivity index (χ4n) is 3.49. The van der Waals surface area contributed by atoms with Crippen LogP contribution in [0.4, 0.5) is 11.6 Å². The van der Waals surface area contributed by atoms with Crippen LogP contribution in [0.2, 0.25) is 0 Å². The predicted molar refractivity (Wildman–Crippen MR) is 103 cm³/mol. The van der Waals surface area contributed by atoms with E-state index >= 15 is 0 Å². The third kappa shape index (κ3) is 3.81. The third-order valence-electron chi connectivity index (χ3n) is 4.95. The molecule has 1 amide bonds. The molecule has 138 valence electrons. The fraction of sp³-hybridized carbons (Fsp3) is 0.300. The van der Waals surface area contributed by atoms with E-state index < -0.39 is 0 Å². The normalized spacial score (nSPS) is 16.9. The molecule has 1 fully saturated rings. The van der Waals surface area contributed by atoms with Crippen LogP contribution in [0.3, 0.4) is 0 Å². The highest BCUT2D eigenvalue weighted by Gasteiger charge is 2.26. The first-order chi connectivity index (χ1) is 13.2. The third-order valence-corrected chi connectivity index (χ3v) is 4.95. The number of rotatable bonds is 4. The highest BCUT2D eigenvalue weighted by atomic mass is 16.2. The van der Waals surface area contributed by atoms with Gasteiger partial charge in [-0.25, -0.2) is 9.97 Å². The molecule has 0 radical (unpaired) electrons. The lowest BCUT2D eigenvalue weighted by atomic mass is 9.91. The van der Waals surface area contributed by atoms with E-state index in [1.54, 1.807) is 18.5 Å². The Hall–Kier alpha value is -3.22. The minimum Gasteiger partial charge on any atom is -0.337 e. The van der Waals surface area contributed by atoms with Crippen molar-refractivity contribution in [2.24, 2.45) is 0 Å². The number of nitrogens with one attached hydrogen (secondary N) is 2. The first-order valence-corrected chi connectivity index (χ1v) is 9.14. The number of H-pyrrole nitrogens is 1. The van der Waals surface area contributed by atoms with Gasteiger partial charge in [0.2, 0.25) is 0 Å². The second kappa shape index (κ2) is 7.57. The molecule has 0 aliphatic carbocycles. The Labute approximate surface area is 157 Å². The molecular formula is C20H22N6O. The lowest BCUT2D eigenvalue weighted by molar-refractivity contribution is 0.0701. The molecule has 4 heterocycles. The van der Waals surface area contributed by atoms with Crippen molar-refractivity contribution in [2.75, 3.05) is 18.4 Å². The van der Waals surface area contributed by atoms with Crippen molar-refractivity contribution in [3.05, 3.63) is 65.7 Å². The van der Waals surface area contributed by atoms with Gasteiger partial charge in [0, 0.05) is 37.6 Å². The van der Waals surface area contributed by atoms with Crippen LogP contribution in [0.1, 0.15) is 40.4 Å². The molecule has 1 aliphatic heterocycles. The average Bonchev–Trinajstić information content (AvgIpc) is 3.24. The molecule has 0 aromatic carbocycles. The van der Waals surface area contributed by atoms with Crippen LogP contribution in [-0.4, -0.2) is 44.1 Å². The summed E-state index contributed by atoms with van der Waals surface area (Å²) in [6.45, 7) is 3.49. The maximum atomic E-state index is 12.6. The van der Waals surface area contributed by atoms with Gasteiger partial charge in [-0.3, -0.25) is 9.89 Å². The van der Waals surface area contributed by atoms with Crippen molar-refractivity contribution >= 4 is 17.5 Å². The first kappa shape index (κ1) is 17.2. The topological polar surface area (TPSA) is 86.8 Å². The average molecular weight is 362 g/mol. The highest BCUT2D eigenvalue weighted by molar-refractivity contribution is 5.92. The van der Waals surface area contributed by atoms with Gasteiger partial charge in [-0.1, -0.05) is 6.07 Å². The number of amides is 1. The summed E-state index contributed by atoms with van der Waals surface area (Å²) in [7, 11) is 0. The number of aryl methyl sites for hydroxylation is 1. The van der Waals surface area contributed by atoms with Crippen LogP contribution >= 0.6 is 0 Å². The summed E-state index contributed by atoms with van der Waals surface area (Å²) in [6, 6.07) is 9.74. The number of aromatic amines is 1. The number of nitrogens with zero attached hydrogens (tertiary/aromatic N) is 4. The van der Waals surface area contributed by atoms with E-state index in [0.717, 1.165) is 36.6 Å². The number of carbonyl (C=O) groups is 1. The monoisotopic (exact) mass is 362 g/mol. The summed E-state index contributed by atoms with van der Waals surface area (Å²) in [5.41, 5.74) is 2.79. The summed E-state index contributed by atoms with van der Waals surface area (Å²) in [6.07, 6.45) is 7.22. The molecule has 0 spiro atoms. The lowest BCUT2D eigenvalue weighted by Crippen LogP contribution is -2.39. The van der Waals surface area contributed by atoms with Crippen molar-refractivity contribution in [1.82, 2.24) is 25.1 Å². The van der Waals surface area contributed by atoms with Crippen LogP contribution < -0.4 is 5.32 Å². The predicted octanol–water partition coefficient (Wildman–Crippen LogP) is 3.27. The molecule has 0 bridgehead atoms. The minimum atomic E-state index is 0.00807. The van der Waals surface area contributed by atoms with Crippen molar-refractivity contribution in [2.45, 2.75) is 25.7 Å². The number of piperidine rings is 1. The number of carbonyl (C=O) groups excluding carboxylic acids is 1. The SMILES string of the molecule is Cc1cccnc1Nc1cc(C2CCCN(C(=O)c3ccn[nH]3)C2)ccn1. The number of likely N-dealkylation sites (tertiary alicyclic amines) is 1. The first-order valence-electron chi connectivity index (χ1n) is 9.14. The Kier molecular flexibility index (Phi) is 4.82. The van der Waals surface area contributed by atoms with Gasteiger partial charge in [-0.15, -0.1) is 0 Å². The van der Waals surface area contributed by atoms with E-state index in [4.69, 9.17) is 0 Å². The number of anilines is 2. The second-order valence-electron chi connectivity index (χ2n) is 6.83. The fourth-order valence-corrected chi connectivity index (χ4v) is 3.49. The smallest absolute Gasteiger partial charge is 0.271 e. The molecule has 0 saturated carbocycles. The summed E-state index contributed by atoms with van der Waals surface area (Å²) in [5.74, 6) is 1.88. The van der Waals surface area contributed by atoms with E-state index in [9.17, 15) is 4.79 Å². The van der Waals surface area contributed by atoms with E-state index in [1.165, 1.54) is 5.56 Å². The van der Waals surface area contributed by atoms with Crippen molar-refractivity contribution < 1.29 is 4.79 Å². The van der Waals surface area contributed by atoms with Gasteiger partial charge in [-0.2, -0.15) is 5.10 Å². The van der Waals surface area contributed by atoms with Gasteiger partial charge in [-0.05, 0) is 55.2 Å². The molecule has 1 saturated heterocycles. The van der Waals surface area contributed by atoms with Crippen LogP contribution in [0, 0.1) is 6.92 Å². The van der Waals surface area contributed by atoms with Crippen LogP contribution in [0.15, 0.2) is 48.9 Å². The summed E-state index contributed by atoms with van der Waals surface area (Å²) in [4.78, 5) is 23.3. The quantitative estimate of drug-likeness (QED) is 0.744. The minimum absolute atomic E-state index is 0.00807. The lowest BCUT2D eigenvalue weighted by Gasteiger charge is -2.32. The van der Waals surface area contributed by atoms with Crippen LogP contribution in [-0.2, 0) is 0 Å². The van der Waals surface area contributed by atoms with Crippen molar-refractivity contribution in [3.63, 3.8) is 0 Å². The van der Waals surface area contributed by atoms with Gasteiger partial charge in [0.15, 0.2) is 0 Å². The zero-order valence-corrected chi connectivity index (χ0v) is 15.2. The van der Waals surface area contributed by atoms with Gasteiger partial charge in [0.1, 0.15) is 17.3 Å². The molecule has 1 unspecified atom stereocenters. The van der Waals surface area contributed by atoms with Gasteiger partial charge >= 0.3 is 0 Å². The molecule has 2 N–H and O–H groups in total. The molecule has 27 heavy (non-hydrogen) atoms. The summed E-state index contributed by atoms with van der Waals surface area (Å²) >= 11 is 0. The molecule has 3 aromatic heterocycles. The van der Waals surface area contributed by atoms with Gasteiger partial charge in [0.05, 0.1) is 0 Å². The maximum Gasteiger partial charge on any atom is 0.271 e.